The summed E-state index contributed by atoms with van der Waals surface area (Å²) < 4.78 is 0. The zero-order valence-corrected chi connectivity index (χ0v) is 17.6. The molecule has 3 amide bonds. The van der Waals surface area contributed by atoms with Gasteiger partial charge in [-0.05, 0) is 44.0 Å². The van der Waals surface area contributed by atoms with Crippen molar-refractivity contribution in [3.63, 3.8) is 0 Å². The van der Waals surface area contributed by atoms with E-state index < -0.39 is 0 Å². The number of hydrogen-bond acceptors (Lipinski definition) is 4. The lowest BCUT2D eigenvalue weighted by Gasteiger charge is -2.24. The first-order chi connectivity index (χ1) is 14.0. The van der Waals surface area contributed by atoms with Gasteiger partial charge in [-0.15, -0.1) is 0 Å². The minimum atomic E-state index is -0.238. The van der Waals surface area contributed by atoms with Crippen molar-refractivity contribution in [1.29, 1.82) is 0 Å². The first kappa shape index (κ1) is 22.9. The average molecular weight is 403 g/mol. The van der Waals surface area contributed by atoms with Gasteiger partial charge in [-0.1, -0.05) is 32.1 Å². The molecule has 3 N–H and O–H groups in total. The van der Waals surface area contributed by atoms with E-state index in [9.17, 15) is 14.4 Å². The third kappa shape index (κ3) is 8.64. The Labute approximate surface area is 173 Å². The Hall–Kier alpha value is -2.41. The van der Waals surface area contributed by atoms with Crippen molar-refractivity contribution in [2.45, 2.75) is 64.8 Å². The normalized spacial score (nSPS) is 15.1. The van der Waals surface area contributed by atoms with Crippen molar-refractivity contribution >= 4 is 29.1 Å². The number of nitrogens with zero attached hydrogens (tertiary/aromatic N) is 1. The first-order valence-electron chi connectivity index (χ1n) is 10.7. The molecule has 0 spiro atoms. The fraction of sp³-hybridized carbons (Fsp3) is 0.591. The van der Waals surface area contributed by atoms with Gasteiger partial charge in [0.2, 0.25) is 17.7 Å². The highest BCUT2D eigenvalue weighted by molar-refractivity contribution is 5.95. The molecule has 1 aromatic rings. The van der Waals surface area contributed by atoms with Crippen molar-refractivity contribution in [2.24, 2.45) is 0 Å². The fourth-order valence-corrected chi connectivity index (χ4v) is 3.59. The standard InChI is InChI=1S/C22H34N4O3/c1-3-26(22(29)15-23-18-9-7-5-4-6-8-10-18)16-21(28)25-20-13-11-19(12-14-20)24-17(2)27/h11-14,18,23H,3-10,15-16H2,1-2H3,(H,24,27)(H,25,28). The molecule has 1 aliphatic carbocycles. The van der Waals surface area contributed by atoms with Gasteiger partial charge in [0, 0.05) is 30.9 Å². The predicted molar refractivity (Wildman–Crippen MR) is 116 cm³/mol. The molecule has 1 saturated carbocycles. The topological polar surface area (TPSA) is 90.5 Å². The number of benzene rings is 1. The molecule has 160 valence electrons. The molecule has 7 nitrogen and oxygen atoms in total. The van der Waals surface area contributed by atoms with Crippen LogP contribution in [-0.4, -0.2) is 48.3 Å². The number of likely N-dealkylation sites (N-methyl/N-ethyl adjacent to an activating group) is 1. The largest absolute Gasteiger partial charge is 0.333 e. The molecule has 0 unspecified atom stereocenters. The Morgan fingerprint density at radius 2 is 1.48 bits per heavy atom. The number of nitrogens with one attached hydrogen (secondary N) is 3. The monoisotopic (exact) mass is 402 g/mol. The van der Waals surface area contributed by atoms with E-state index in [1.54, 1.807) is 29.2 Å². The molecule has 1 aromatic carbocycles. The Morgan fingerprint density at radius 1 is 0.931 bits per heavy atom. The lowest BCUT2D eigenvalue weighted by molar-refractivity contribution is -0.133. The summed E-state index contributed by atoms with van der Waals surface area (Å²) in [7, 11) is 0. The summed E-state index contributed by atoms with van der Waals surface area (Å²) in [5.74, 6) is -0.434. The summed E-state index contributed by atoms with van der Waals surface area (Å²) in [5.41, 5.74) is 1.29. The fourth-order valence-electron chi connectivity index (χ4n) is 3.59. The minimum absolute atomic E-state index is 0.0229. The number of amides is 3. The minimum Gasteiger partial charge on any atom is -0.333 e. The van der Waals surface area contributed by atoms with Crippen LogP contribution in [0.5, 0.6) is 0 Å². The molecule has 0 radical (unpaired) electrons. The van der Waals surface area contributed by atoms with E-state index in [4.69, 9.17) is 0 Å². The first-order valence-corrected chi connectivity index (χ1v) is 10.7. The van der Waals surface area contributed by atoms with Crippen LogP contribution < -0.4 is 16.0 Å². The van der Waals surface area contributed by atoms with Gasteiger partial charge in [-0.2, -0.15) is 0 Å². The summed E-state index contributed by atoms with van der Waals surface area (Å²) >= 11 is 0. The number of carbonyl (C=O) groups excluding carboxylic acids is 3. The van der Waals surface area contributed by atoms with E-state index in [1.807, 2.05) is 6.92 Å². The van der Waals surface area contributed by atoms with Gasteiger partial charge in [-0.3, -0.25) is 14.4 Å². The van der Waals surface area contributed by atoms with Crippen LogP contribution in [0.2, 0.25) is 0 Å². The van der Waals surface area contributed by atoms with Crippen LogP contribution in [0.4, 0.5) is 11.4 Å². The quantitative estimate of drug-likeness (QED) is 0.623. The molecule has 1 aliphatic rings. The van der Waals surface area contributed by atoms with Crippen molar-refractivity contribution in [3.8, 4) is 0 Å². The van der Waals surface area contributed by atoms with Gasteiger partial charge >= 0.3 is 0 Å². The van der Waals surface area contributed by atoms with E-state index >= 15 is 0 Å². The summed E-state index contributed by atoms with van der Waals surface area (Å²) in [6, 6.07) is 7.28. The van der Waals surface area contributed by atoms with Crippen LogP contribution in [0, 0.1) is 0 Å². The molecule has 0 aromatic heterocycles. The van der Waals surface area contributed by atoms with Crippen molar-refractivity contribution < 1.29 is 14.4 Å². The number of anilines is 2. The zero-order valence-electron chi connectivity index (χ0n) is 17.6. The zero-order chi connectivity index (χ0) is 21.1. The van der Waals surface area contributed by atoms with Crippen LogP contribution in [-0.2, 0) is 14.4 Å². The molecule has 0 saturated heterocycles. The maximum absolute atomic E-state index is 12.5. The maximum atomic E-state index is 12.5. The second-order valence-corrected chi connectivity index (χ2v) is 7.64. The van der Waals surface area contributed by atoms with Crippen LogP contribution >= 0.6 is 0 Å². The third-order valence-corrected chi connectivity index (χ3v) is 5.21. The van der Waals surface area contributed by atoms with E-state index in [0.717, 1.165) is 12.8 Å². The number of hydrogen-bond donors (Lipinski definition) is 3. The molecule has 1 fully saturated rings. The van der Waals surface area contributed by atoms with E-state index in [2.05, 4.69) is 16.0 Å². The molecular weight excluding hydrogens is 368 g/mol. The van der Waals surface area contributed by atoms with E-state index in [0.29, 0.717) is 24.0 Å². The summed E-state index contributed by atoms with van der Waals surface area (Å²) in [4.78, 5) is 37.5. The van der Waals surface area contributed by atoms with Gasteiger partial charge < -0.3 is 20.9 Å². The predicted octanol–water partition coefficient (Wildman–Crippen LogP) is 3.13. The molecule has 0 aliphatic heterocycles. The Morgan fingerprint density at radius 3 is 2.03 bits per heavy atom. The third-order valence-electron chi connectivity index (χ3n) is 5.21. The van der Waals surface area contributed by atoms with Crippen LogP contribution in [0.1, 0.15) is 58.8 Å². The van der Waals surface area contributed by atoms with Crippen LogP contribution in [0.3, 0.4) is 0 Å². The van der Waals surface area contributed by atoms with Gasteiger partial charge in [-0.25, -0.2) is 0 Å². The molecule has 2 rings (SSSR count). The van der Waals surface area contributed by atoms with E-state index in [1.165, 1.54) is 39.0 Å². The van der Waals surface area contributed by atoms with Crippen LogP contribution in [0.25, 0.3) is 0 Å². The highest BCUT2D eigenvalue weighted by Gasteiger charge is 2.18. The summed E-state index contributed by atoms with van der Waals surface area (Å²) in [6.45, 7) is 4.10. The smallest absolute Gasteiger partial charge is 0.243 e. The second kappa shape index (κ2) is 12.2. The number of rotatable bonds is 8. The molecular formula is C22H34N4O3. The maximum Gasteiger partial charge on any atom is 0.243 e. The lowest BCUT2D eigenvalue weighted by Crippen LogP contribution is -2.44. The van der Waals surface area contributed by atoms with Crippen molar-refractivity contribution in [2.75, 3.05) is 30.3 Å². The summed E-state index contributed by atoms with van der Waals surface area (Å²) in [6.07, 6.45) is 8.54. The Bertz CT molecular complexity index is 667. The molecule has 29 heavy (non-hydrogen) atoms. The molecule has 7 heteroatoms. The van der Waals surface area contributed by atoms with Crippen LogP contribution in [0.15, 0.2) is 24.3 Å². The van der Waals surface area contributed by atoms with Crippen molar-refractivity contribution in [3.05, 3.63) is 24.3 Å². The Balaban J connectivity index is 1.78. The van der Waals surface area contributed by atoms with Gasteiger partial charge in [0.1, 0.15) is 0 Å². The second-order valence-electron chi connectivity index (χ2n) is 7.64. The Kier molecular flexibility index (Phi) is 9.64. The van der Waals surface area contributed by atoms with Crippen molar-refractivity contribution in [1.82, 2.24) is 10.2 Å². The average Bonchev–Trinajstić information content (AvgIpc) is 2.66. The van der Waals surface area contributed by atoms with Gasteiger partial charge in [0.05, 0.1) is 13.1 Å². The molecule has 0 atom stereocenters. The lowest BCUT2D eigenvalue weighted by atomic mass is 9.97. The summed E-state index contributed by atoms with van der Waals surface area (Å²) in [5, 5.41) is 8.87. The van der Waals surface area contributed by atoms with Gasteiger partial charge in [0.25, 0.3) is 0 Å². The highest BCUT2D eigenvalue weighted by Crippen LogP contribution is 2.17. The molecule has 0 bridgehead atoms. The highest BCUT2D eigenvalue weighted by atomic mass is 16.2. The van der Waals surface area contributed by atoms with E-state index in [-0.39, 0.29) is 30.8 Å². The van der Waals surface area contributed by atoms with Gasteiger partial charge in [0.15, 0.2) is 0 Å². The molecule has 0 heterocycles. The SMILES string of the molecule is CCN(CC(=O)Nc1ccc(NC(C)=O)cc1)C(=O)CNC1CCCCCCC1. The number of carbonyl (C=O) groups is 3.